The Balaban J connectivity index is 2.54. The normalized spacial score (nSPS) is 13.5. The molecule has 0 aliphatic heterocycles. The molecule has 0 spiro atoms. The van der Waals surface area contributed by atoms with E-state index < -0.39 is 9.84 Å². The van der Waals surface area contributed by atoms with Gasteiger partial charge in [-0.2, -0.15) is 0 Å². The minimum Gasteiger partial charge on any atom is -0.229 e. The van der Waals surface area contributed by atoms with Crippen LogP contribution in [0.5, 0.6) is 0 Å². The summed E-state index contributed by atoms with van der Waals surface area (Å²) >= 11 is 6.88. The standard InChI is InChI=1S/C13H18Br2O2S/c1-2-18(16,17)8-7-12(10-14)9-11-3-5-13(15)6-4-11/h3-6,12H,2,7-10H2,1H3. The van der Waals surface area contributed by atoms with Gasteiger partial charge in [-0.25, -0.2) is 8.42 Å². The Morgan fingerprint density at radius 2 is 1.83 bits per heavy atom. The van der Waals surface area contributed by atoms with Crippen molar-refractivity contribution >= 4 is 41.7 Å². The van der Waals surface area contributed by atoms with Crippen molar-refractivity contribution in [2.45, 2.75) is 19.8 Å². The van der Waals surface area contributed by atoms with E-state index >= 15 is 0 Å². The van der Waals surface area contributed by atoms with Crippen LogP contribution in [0.25, 0.3) is 0 Å². The fourth-order valence-corrected chi connectivity index (χ4v) is 3.48. The number of halogens is 2. The fraction of sp³-hybridized carbons (Fsp3) is 0.538. The zero-order valence-electron chi connectivity index (χ0n) is 10.4. The van der Waals surface area contributed by atoms with E-state index in [9.17, 15) is 8.42 Å². The van der Waals surface area contributed by atoms with Gasteiger partial charge in [0.15, 0.2) is 0 Å². The van der Waals surface area contributed by atoms with Crippen molar-refractivity contribution in [3.8, 4) is 0 Å². The van der Waals surface area contributed by atoms with Gasteiger partial charge in [-0.15, -0.1) is 0 Å². The molecule has 0 bridgehead atoms. The van der Waals surface area contributed by atoms with E-state index in [4.69, 9.17) is 0 Å². The highest BCUT2D eigenvalue weighted by atomic mass is 79.9. The summed E-state index contributed by atoms with van der Waals surface area (Å²) in [5.74, 6) is 0.892. The van der Waals surface area contributed by atoms with Crippen molar-refractivity contribution in [2.24, 2.45) is 5.92 Å². The summed E-state index contributed by atoms with van der Waals surface area (Å²) in [6, 6.07) is 8.19. The van der Waals surface area contributed by atoms with Gasteiger partial charge in [-0.3, -0.25) is 0 Å². The Bertz CT molecular complexity index is 454. The molecule has 1 rings (SSSR count). The number of benzene rings is 1. The lowest BCUT2D eigenvalue weighted by Gasteiger charge is -2.14. The molecule has 0 aromatic heterocycles. The molecular weight excluding hydrogens is 380 g/mol. The third-order valence-corrected chi connectivity index (χ3v) is 6.11. The van der Waals surface area contributed by atoms with Crippen LogP contribution in [0.1, 0.15) is 18.9 Å². The van der Waals surface area contributed by atoms with Crippen molar-refractivity contribution in [3.63, 3.8) is 0 Å². The first-order valence-corrected chi connectivity index (χ1v) is 9.71. The summed E-state index contributed by atoms with van der Waals surface area (Å²) in [6.07, 6.45) is 1.63. The summed E-state index contributed by atoms with van der Waals surface area (Å²) in [6.45, 7) is 1.70. The highest BCUT2D eigenvalue weighted by Gasteiger charge is 2.14. The lowest BCUT2D eigenvalue weighted by molar-refractivity contribution is 0.553. The van der Waals surface area contributed by atoms with E-state index in [0.717, 1.165) is 22.6 Å². The van der Waals surface area contributed by atoms with Gasteiger partial charge in [0.1, 0.15) is 9.84 Å². The zero-order chi connectivity index (χ0) is 13.6. The van der Waals surface area contributed by atoms with E-state index in [-0.39, 0.29) is 11.5 Å². The molecule has 0 fully saturated rings. The van der Waals surface area contributed by atoms with Crippen LogP contribution >= 0.6 is 31.9 Å². The van der Waals surface area contributed by atoms with E-state index in [1.165, 1.54) is 5.56 Å². The van der Waals surface area contributed by atoms with Crippen LogP contribution in [-0.4, -0.2) is 25.3 Å². The molecule has 1 unspecified atom stereocenters. The van der Waals surface area contributed by atoms with E-state index in [2.05, 4.69) is 44.0 Å². The zero-order valence-corrected chi connectivity index (χ0v) is 14.4. The third kappa shape index (κ3) is 5.85. The molecule has 0 radical (unpaired) electrons. The van der Waals surface area contributed by atoms with Crippen molar-refractivity contribution in [3.05, 3.63) is 34.3 Å². The molecule has 0 heterocycles. The van der Waals surface area contributed by atoms with Crippen LogP contribution in [0.2, 0.25) is 0 Å². The first-order chi connectivity index (χ1) is 8.46. The lowest BCUT2D eigenvalue weighted by Crippen LogP contribution is -2.15. The molecule has 0 aliphatic rings. The fourth-order valence-electron chi connectivity index (χ4n) is 1.68. The maximum atomic E-state index is 11.5. The molecule has 2 nitrogen and oxygen atoms in total. The number of sulfone groups is 1. The highest BCUT2D eigenvalue weighted by molar-refractivity contribution is 9.10. The van der Waals surface area contributed by atoms with Crippen LogP contribution in [0, 0.1) is 5.92 Å². The van der Waals surface area contributed by atoms with Crippen LogP contribution in [-0.2, 0) is 16.3 Å². The first kappa shape index (κ1) is 16.2. The Morgan fingerprint density at radius 3 is 2.33 bits per heavy atom. The predicted molar refractivity (Wildman–Crippen MR) is 84.1 cm³/mol. The van der Waals surface area contributed by atoms with Crippen LogP contribution in [0.4, 0.5) is 0 Å². The first-order valence-electron chi connectivity index (χ1n) is 5.97. The van der Waals surface area contributed by atoms with Crippen LogP contribution in [0.3, 0.4) is 0 Å². The van der Waals surface area contributed by atoms with Crippen molar-refractivity contribution < 1.29 is 8.42 Å². The summed E-state index contributed by atoms with van der Waals surface area (Å²) in [5, 5.41) is 0.836. The molecule has 1 atom stereocenters. The molecule has 0 aliphatic carbocycles. The Kier molecular flexibility index (Phi) is 6.88. The molecular formula is C13H18Br2O2S. The number of hydrogen-bond donors (Lipinski definition) is 0. The highest BCUT2D eigenvalue weighted by Crippen LogP contribution is 2.18. The molecule has 102 valence electrons. The summed E-state index contributed by atoms with van der Waals surface area (Å²) in [7, 11) is -2.85. The SMILES string of the molecule is CCS(=O)(=O)CCC(CBr)Cc1ccc(Br)cc1. The quantitative estimate of drug-likeness (QED) is 0.655. The largest absolute Gasteiger partial charge is 0.229 e. The molecule has 0 saturated heterocycles. The van der Waals surface area contributed by atoms with Gasteiger partial charge in [0.25, 0.3) is 0 Å². The summed E-state index contributed by atoms with van der Waals surface area (Å²) in [5.41, 5.74) is 1.25. The maximum absolute atomic E-state index is 11.5. The number of alkyl halides is 1. The third-order valence-electron chi connectivity index (χ3n) is 2.93. The van der Waals surface area contributed by atoms with Crippen molar-refractivity contribution in [1.29, 1.82) is 0 Å². The van der Waals surface area contributed by atoms with Gasteiger partial charge >= 0.3 is 0 Å². The second kappa shape index (κ2) is 7.65. The van der Waals surface area contributed by atoms with Crippen LogP contribution in [0.15, 0.2) is 28.7 Å². The van der Waals surface area contributed by atoms with Gasteiger partial charge in [0, 0.05) is 15.6 Å². The second-order valence-corrected chi connectivity index (χ2v) is 8.41. The Morgan fingerprint density at radius 1 is 1.22 bits per heavy atom. The average Bonchev–Trinajstić information content (AvgIpc) is 2.37. The van der Waals surface area contributed by atoms with Crippen LogP contribution < -0.4 is 0 Å². The van der Waals surface area contributed by atoms with Crippen molar-refractivity contribution in [1.82, 2.24) is 0 Å². The lowest BCUT2D eigenvalue weighted by atomic mass is 9.99. The molecule has 5 heteroatoms. The minimum absolute atomic E-state index is 0.236. The Hall–Kier alpha value is 0.130. The van der Waals surface area contributed by atoms with E-state index in [1.807, 2.05) is 12.1 Å². The predicted octanol–water partition coefficient (Wildman–Crippen LogP) is 3.83. The molecule has 0 amide bonds. The van der Waals surface area contributed by atoms with Gasteiger partial charge < -0.3 is 0 Å². The van der Waals surface area contributed by atoms with Gasteiger partial charge in [-0.05, 0) is 36.5 Å². The molecule has 1 aromatic rings. The van der Waals surface area contributed by atoms with Gasteiger partial charge in [-0.1, -0.05) is 50.9 Å². The maximum Gasteiger partial charge on any atom is 0.150 e. The van der Waals surface area contributed by atoms with Gasteiger partial charge in [0.2, 0.25) is 0 Å². The summed E-state index contributed by atoms with van der Waals surface area (Å²) in [4.78, 5) is 0. The topological polar surface area (TPSA) is 34.1 Å². The van der Waals surface area contributed by atoms with E-state index in [0.29, 0.717) is 5.92 Å². The van der Waals surface area contributed by atoms with Crippen molar-refractivity contribution in [2.75, 3.05) is 16.8 Å². The average molecular weight is 398 g/mol. The monoisotopic (exact) mass is 396 g/mol. The molecule has 0 saturated carbocycles. The number of hydrogen-bond acceptors (Lipinski definition) is 2. The van der Waals surface area contributed by atoms with Gasteiger partial charge in [0.05, 0.1) is 5.75 Å². The molecule has 18 heavy (non-hydrogen) atoms. The Labute approximate surface area is 126 Å². The molecule has 1 aromatic carbocycles. The minimum atomic E-state index is -2.85. The number of rotatable bonds is 7. The molecule has 0 N–H and O–H groups in total. The smallest absolute Gasteiger partial charge is 0.150 e. The summed E-state index contributed by atoms with van der Waals surface area (Å²) < 4.78 is 24.1. The second-order valence-electron chi connectivity index (χ2n) is 4.38. The van der Waals surface area contributed by atoms with E-state index in [1.54, 1.807) is 6.92 Å².